The first-order chi connectivity index (χ1) is 36.7. The highest BCUT2D eigenvalue weighted by atomic mass is 32.2. The van der Waals surface area contributed by atoms with Gasteiger partial charge in [0.2, 0.25) is 29.5 Å². The van der Waals surface area contributed by atoms with Gasteiger partial charge in [0.15, 0.2) is 0 Å². The van der Waals surface area contributed by atoms with Gasteiger partial charge in [0.25, 0.3) is 11.8 Å². The van der Waals surface area contributed by atoms with Crippen molar-refractivity contribution in [2.24, 2.45) is 10.8 Å². The molecule has 0 spiro atoms. The van der Waals surface area contributed by atoms with Gasteiger partial charge in [-0.1, -0.05) is 91.8 Å². The Kier molecular flexibility index (Phi) is 23.1. The lowest BCUT2D eigenvalue weighted by Gasteiger charge is -2.36. The van der Waals surface area contributed by atoms with E-state index in [-0.39, 0.29) is 79.3 Å². The number of likely N-dealkylation sites (tertiary alicyclic amines) is 2. The Bertz CT molecular complexity index is 2540. The maximum absolute atomic E-state index is 14.5. The summed E-state index contributed by atoms with van der Waals surface area (Å²) in [6, 6.07) is 17.3. The lowest BCUT2D eigenvalue weighted by Crippen LogP contribution is -2.58. The van der Waals surface area contributed by atoms with Gasteiger partial charge in [0.05, 0.1) is 31.2 Å². The van der Waals surface area contributed by atoms with E-state index in [1.165, 1.54) is 4.90 Å². The molecule has 0 aliphatic carbocycles. The van der Waals surface area contributed by atoms with Crippen LogP contribution in [0.15, 0.2) is 82.6 Å². The van der Waals surface area contributed by atoms with Crippen molar-refractivity contribution in [3.05, 3.63) is 95.1 Å². The topological polar surface area (TPSA) is 239 Å². The first-order valence-corrected chi connectivity index (χ1v) is 28.7. The van der Waals surface area contributed by atoms with Crippen LogP contribution in [0.1, 0.15) is 125 Å². The van der Waals surface area contributed by atoms with Crippen LogP contribution in [-0.2, 0) is 28.8 Å². The molecular weight excluding hydrogens is 1020 g/mol. The van der Waals surface area contributed by atoms with Crippen molar-refractivity contribution in [3.8, 4) is 0 Å². The molecule has 8 N–H and O–H groups in total. The highest BCUT2D eigenvalue weighted by Crippen LogP contribution is 2.38. The molecule has 18 nitrogen and oxygen atoms in total. The van der Waals surface area contributed by atoms with Crippen molar-refractivity contribution >= 4 is 71.2 Å². The lowest BCUT2D eigenvalue weighted by atomic mass is 9.85. The molecule has 3 aromatic carbocycles. The largest absolute Gasteiger partial charge is 0.347 e. The molecule has 4 aliphatic heterocycles. The number of hydrogen-bond donors (Lipinski definition) is 8. The smallest absolute Gasteiger partial charge is 0.251 e. The zero-order valence-corrected chi connectivity index (χ0v) is 48.3. The van der Waals surface area contributed by atoms with E-state index in [1.54, 1.807) is 73.8 Å². The quantitative estimate of drug-likeness (QED) is 0.0917. The third kappa shape index (κ3) is 16.4. The monoisotopic (exact) mass is 1100 g/mol. The Balaban J connectivity index is 0.00000148. The van der Waals surface area contributed by atoms with Crippen molar-refractivity contribution in [1.29, 1.82) is 0 Å². The molecule has 4 heterocycles. The summed E-state index contributed by atoms with van der Waals surface area (Å²) >= 11 is 3.49. The summed E-state index contributed by atoms with van der Waals surface area (Å²) in [6.45, 7) is 16.1. The molecule has 420 valence electrons. The van der Waals surface area contributed by atoms with Crippen LogP contribution in [0.4, 0.5) is 0 Å². The van der Waals surface area contributed by atoms with Crippen LogP contribution in [0.2, 0.25) is 0 Å². The minimum atomic E-state index is -0.952. The normalized spacial score (nSPS) is 21.4. The van der Waals surface area contributed by atoms with Gasteiger partial charge < -0.3 is 57.1 Å². The maximum atomic E-state index is 14.5. The lowest BCUT2D eigenvalue weighted by molar-refractivity contribution is -0.144. The third-order valence-electron chi connectivity index (χ3n) is 13.8. The number of hydrogen-bond acceptors (Lipinski definition) is 13. The fourth-order valence-corrected chi connectivity index (χ4v) is 12.3. The molecule has 20 heteroatoms. The molecule has 3 aromatic rings. The van der Waals surface area contributed by atoms with Gasteiger partial charge in [0, 0.05) is 57.6 Å². The van der Waals surface area contributed by atoms with E-state index < -0.39 is 64.8 Å². The molecule has 4 aliphatic rings. The first-order valence-electron chi connectivity index (χ1n) is 26.7. The van der Waals surface area contributed by atoms with Gasteiger partial charge in [-0.15, -0.1) is 23.5 Å². The SMILES string of the molecule is CC.CNCC(=O)NC(C(=O)N1CC(NC(=O)c2ccc(C(=O)NC3CC(C(=O)NC4CCSc5ccccc54)N(C(=O)C(NC)C(C)(C)C)C3)cc2)CC1C(=O)NC1CCSc2ccccc21)C(C)(C)C.CNCC=O. The van der Waals surface area contributed by atoms with E-state index in [1.807, 2.05) is 97.9 Å². The van der Waals surface area contributed by atoms with Crippen molar-refractivity contribution < 1.29 is 38.4 Å². The summed E-state index contributed by atoms with van der Waals surface area (Å²) in [5.41, 5.74) is 1.47. The van der Waals surface area contributed by atoms with E-state index in [0.717, 1.165) is 45.1 Å². The van der Waals surface area contributed by atoms with Crippen LogP contribution in [0.5, 0.6) is 0 Å². The second-order valence-corrected chi connectivity index (χ2v) is 23.9. The van der Waals surface area contributed by atoms with Crippen LogP contribution in [-0.4, -0.2) is 153 Å². The fraction of sp³-hybridized carbons (Fsp3) is 0.544. The molecule has 0 bridgehead atoms. The number of rotatable bonds is 16. The Labute approximate surface area is 463 Å². The highest BCUT2D eigenvalue weighted by Gasteiger charge is 2.47. The van der Waals surface area contributed by atoms with E-state index in [4.69, 9.17) is 0 Å². The Morgan fingerprint density at radius 1 is 0.597 bits per heavy atom. The molecule has 0 aromatic heterocycles. The second-order valence-electron chi connectivity index (χ2n) is 21.6. The highest BCUT2D eigenvalue weighted by molar-refractivity contribution is 7.99. The summed E-state index contributed by atoms with van der Waals surface area (Å²) in [6.07, 6.45) is 2.66. The van der Waals surface area contributed by atoms with Gasteiger partial charge in [0.1, 0.15) is 24.4 Å². The Morgan fingerprint density at radius 2 is 1.01 bits per heavy atom. The Hall–Kier alpha value is -5.80. The summed E-state index contributed by atoms with van der Waals surface area (Å²) < 4.78 is 0. The maximum Gasteiger partial charge on any atom is 0.251 e. The number of carbonyl (C=O) groups is 8. The van der Waals surface area contributed by atoms with Crippen molar-refractivity contribution in [1.82, 2.24) is 52.3 Å². The van der Waals surface area contributed by atoms with E-state index in [0.29, 0.717) is 13.0 Å². The zero-order valence-electron chi connectivity index (χ0n) is 46.7. The number of fused-ring (bicyclic) bond motifs is 2. The minimum absolute atomic E-state index is 0.00631. The second kappa shape index (κ2) is 28.7. The summed E-state index contributed by atoms with van der Waals surface area (Å²) in [5.74, 6) is -0.799. The first kappa shape index (κ1) is 62.0. The number of thioether (sulfide) groups is 2. The van der Waals surface area contributed by atoms with E-state index in [9.17, 15) is 38.4 Å². The third-order valence-corrected chi connectivity index (χ3v) is 16.1. The number of nitrogens with zero attached hydrogens (tertiary/aromatic N) is 2. The van der Waals surface area contributed by atoms with Crippen molar-refractivity contribution in [2.45, 2.75) is 139 Å². The van der Waals surface area contributed by atoms with Gasteiger partial charge in [-0.2, -0.15) is 0 Å². The average molecular weight is 1100 g/mol. The summed E-state index contributed by atoms with van der Waals surface area (Å²) in [7, 11) is 5.10. The number of carbonyl (C=O) groups excluding carboxylic acids is 8. The molecule has 7 amide bonds. The summed E-state index contributed by atoms with van der Waals surface area (Å²) in [5, 5.41) is 24.0. The average Bonchev–Trinajstić information content (AvgIpc) is 4.03. The number of benzene rings is 3. The predicted octanol–water partition coefficient (Wildman–Crippen LogP) is 4.61. The number of likely N-dealkylation sites (N-methyl/N-ethyl adjacent to an activating group) is 3. The molecule has 2 saturated heterocycles. The minimum Gasteiger partial charge on any atom is -0.347 e. The summed E-state index contributed by atoms with van der Waals surface area (Å²) in [4.78, 5) is 112. The van der Waals surface area contributed by atoms with E-state index in [2.05, 4.69) is 48.6 Å². The number of nitrogens with one attached hydrogen (secondary N) is 8. The molecule has 7 rings (SSSR count). The Morgan fingerprint density at radius 3 is 1.38 bits per heavy atom. The molecule has 2 fully saturated rings. The molecule has 77 heavy (non-hydrogen) atoms. The molecular formula is C57H82N10O8S2. The van der Waals surface area contributed by atoms with Crippen molar-refractivity contribution in [3.63, 3.8) is 0 Å². The molecule has 0 saturated carbocycles. The van der Waals surface area contributed by atoms with Crippen LogP contribution >= 0.6 is 23.5 Å². The number of amides is 7. The fourth-order valence-electron chi connectivity index (χ4n) is 10.1. The molecule has 8 atom stereocenters. The van der Waals surface area contributed by atoms with Gasteiger partial charge >= 0.3 is 0 Å². The van der Waals surface area contributed by atoms with Crippen molar-refractivity contribution in [2.75, 3.05) is 58.8 Å². The van der Waals surface area contributed by atoms with Crippen LogP contribution in [0.3, 0.4) is 0 Å². The predicted molar refractivity (Wildman–Crippen MR) is 303 cm³/mol. The zero-order chi connectivity index (χ0) is 56.6. The molecule has 8 unspecified atom stereocenters. The van der Waals surface area contributed by atoms with Crippen LogP contribution in [0.25, 0.3) is 0 Å². The van der Waals surface area contributed by atoms with E-state index >= 15 is 0 Å². The standard InChI is InChI=1S/C52H69N9O7S2.C3H7NO.C2H6/c1-51(2,3)43(54-8)49(67)60-28-32(25-38(60)47(65)57-36-21-23-69-40-15-11-9-13-34(36)40)55-45(63)30-17-19-31(20-18-30)46(64)56-33-26-39(48(66)58-37-22-24-70-41-16-12-10-14-35(37)41)61(29-33)50(68)44(52(4,5)6)59-42(62)27-53-7;1-4-2-3-5;1-2/h9-20,32-33,36-39,43-44,53-54H,21-29H2,1-8H3,(H,55,63)(H,56,64)(H,57,65)(H,58,66)(H,59,62);3-4H,2H2,1H3;1-2H3. The molecule has 0 radical (unpaired) electrons. The number of aldehydes is 1. The van der Waals surface area contributed by atoms with Crippen LogP contribution in [0, 0.1) is 10.8 Å². The van der Waals surface area contributed by atoms with Gasteiger partial charge in [-0.3, -0.25) is 33.6 Å². The van der Waals surface area contributed by atoms with Crippen LogP contribution < -0.4 is 42.5 Å². The van der Waals surface area contributed by atoms with Gasteiger partial charge in [-0.25, -0.2) is 0 Å². The van der Waals surface area contributed by atoms with Gasteiger partial charge in [-0.05, 0) is 105 Å².